The number of Topliss-reactive ketones (excluding diaryl/α,β-unsaturated/α-hetero) is 1. The molecule has 1 amide bonds. The molecule has 0 aliphatic rings. The van der Waals surface area contributed by atoms with Crippen molar-refractivity contribution in [2.75, 3.05) is 5.75 Å². The van der Waals surface area contributed by atoms with Gasteiger partial charge < -0.3 is 10.2 Å². The number of thioether (sulfide) groups is 1. The highest BCUT2D eigenvalue weighted by molar-refractivity contribution is 7.99. The highest BCUT2D eigenvalue weighted by Gasteiger charge is 2.19. The van der Waals surface area contributed by atoms with Crippen molar-refractivity contribution in [2.45, 2.75) is 64.1 Å². The second-order valence-electron chi connectivity index (χ2n) is 8.40. The Hall–Kier alpha value is -2.87. The average molecular weight is 455 g/mol. The van der Waals surface area contributed by atoms with Crippen LogP contribution in [-0.4, -0.2) is 32.2 Å². The zero-order valence-electron chi connectivity index (χ0n) is 19.0. The number of rotatable bonds is 11. The van der Waals surface area contributed by atoms with Crippen molar-refractivity contribution in [1.29, 1.82) is 0 Å². The minimum Gasteiger partial charge on any atom is -0.467 e. The van der Waals surface area contributed by atoms with Crippen LogP contribution in [0.4, 0.5) is 0 Å². The summed E-state index contributed by atoms with van der Waals surface area (Å²) in [6.07, 6.45) is 2.17. The quantitative estimate of drug-likeness (QED) is 0.336. The van der Waals surface area contributed by atoms with Gasteiger partial charge in [0.05, 0.1) is 18.6 Å². The molecule has 7 nitrogen and oxygen atoms in total. The molecule has 8 heteroatoms. The molecule has 0 aliphatic heterocycles. The van der Waals surface area contributed by atoms with Crippen LogP contribution in [-0.2, 0) is 17.8 Å². The number of aromatic nitrogens is 3. The van der Waals surface area contributed by atoms with E-state index < -0.39 is 5.91 Å². The van der Waals surface area contributed by atoms with Gasteiger partial charge in [0.15, 0.2) is 10.9 Å². The number of primary amides is 1. The standard InChI is InChI=1S/C24H30N4O3S/c1-15(2)17-7-8-19(20(12-17)16(3)4)21(29)14-32-24-27-26-23(10-9-22(25)30)28(24)13-18-6-5-11-31-18/h5-8,11-12,15-16H,9-10,13-14H2,1-4H3,(H2,25,30). The summed E-state index contributed by atoms with van der Waals surface area (Å²) in [5.41, 5.74) is 8.35. The zero-order valence-corrected chi connectivity index (χ0v) is 19.8. The molecule has 0 saturated carbocycles. The molecule has 1 aromatic carbocycles. The monoisotopic (exact) mass is 454 g/mol. The van der Waals surface area contributed by atoms with Crippen LogP contribution in [0, 0.1) is 0 Å². The third-order valence-corrected chi connectivity index (χ3v) is 6.25. The summed E-state index contributed by atoms with van der Waals surface area (Å²) < 4.78 is 7.35. The van der Waals surface area contributed by atoms with Crippen LogP contribution in [0.25, 0.3) is 0 Å². The molecule has 2 aromatic heterocycles. The van der Waals surface area contributed by atoms with Gasteiger partial charge in [-0.2, -0.15) is 0 Å². The van der Waals surface area contributed by atoms with Crippen LogP contribution < -0.4 is 5.73 Å². The lowest BCUT2D eigenvalue weighted by molar-refractivity contribution is -0.118. The summed E-state index contributed by atoms with van der Waals surface area (Å²) in [4.78, 5) is 24.3. The number of ketones is 1. The molecule has 3 rings (SSSR count). The number of carbonyl (C=O) groups excluding carboxylic acids is 2. The van der Waals surface area contributed by atoms with Crippen LogP contribution in [0.5, 0.6) is 0 Å². The predicted molar refractivity (Wildman–Crippen MR) is 125 cm³/mol. The minimum absolute atomic E-state index is 0.0558. The van der Waals surface area contributed by atoms with Crippen molar-refractivity contribution in [3.8, 4) is 0 Å². The highest BCUT2D eigenvalue weighted by Crippen LogP contribution is 2.27. The summed E-state index contributed by atoms with van der Waals surface area (Å²) >= 11 is 1.34. The first-order valence-corrected chi connectivity index (χ1v) is 11.8. The maximum absolute atomic E-state index is 13.1. The van der Waals surface area contributed by atoms with E-state index in [1.807, 2.05) is 28.8 Å². The molecule has 3 aromatic rings. The Kier molecular flexibility index (Phi) is 7.90. The molecule has 0 aliphatic carbocycles. The van der Waals surface area contributed by atoms with Gasteiger partial charge in [0.25, 0.3) is 0 Å². The van der Waals surface area contributed by atoms with Gasteiger partial charge in [0, 0.05) is 18.4 Å². The van der Waals surface area contributed by atoms with Crippen molar-refractivity contribution >= 4 is 23.5 Å². The van der Waals surface area contributed by atoms with E-state index in [2.05, 4.69) is 44.0 Å². The number of carbonyl (C=O) groups is 2. The fourth-order valence-corrected chi connectivity index (χ4v) is 4.28. The lowest BCUT2D eigenvalue weighted by Crippen LogP contribution is -2.14. The summed E-state index contributed by atoms with van der Waals surface area (Å²) in [6.45, 7) is 8.94. The Morgan fingerprint density at radius 1 is 1.12 bits per heavy atom. The number of furan rings is 1. The molecule has 0 unspecified atom stereocenters. The zero-order chi connectivity index (χ0) is 23.3. The smallest absolute Gasteiger partial charge is 0.217 e. The van der Waals surface area contributed by atoms with Crippen molar-refractivity contribution in [3.63, 3.8) is 0 Å². The molecule has 0 atom stereocenters. The van der Waals surface area contributed by atoms with Crippen LogP contribution in [0.2, 0.25) is 0 Å². The normalized spacial score (nSPS) is 11.4. The van der Waals surface area contributed by atoms with E-state index in [0.29, 0.717) is 29.9 Å². The van der Waals surface area contributed by atoms with Gasteiger partial charge in [0.2, 0.25) is 5.91 Å². The number of amides is 1. The molecule has 2 heterocycles. The van der Waals surface area contributed by atoms with Gasteiger partial charge in [-0.15, -0.1) is 10.2 Å². The fourth-order valence-electron chi connectivity index (χ4n) is 3.44. The fraction of sp³-hybridized carbons (Fsp3) is 0.417. The Morgan fingerprint density at radius 2 is 1.91 bits per heavy atom. The molecule has 2 N–H and O–H groups in total. The number of nitrogens with zero attached hydrogens (tertiary/aromatic N) is 3. The Bertz CT molecular complexity index is 1070. The summed E-state index contributed by atoms with van der Waals surface area (Å²) in [5, 5.41) is 9.10. The molecule has 0 saturated heterocycles. The number of benzene rings is 1. The van der Waals surface area contributed by atoms with Gasteiger partial charge in [-0.1, -0.05) is 57.7 Å². The minimum atomic E-state index is -0.395. The topological polar surface area (TPSA) is 104 Å². The summed E-state index contributed by atoms with van der Waals surface area (Å²) in [6, 6.07) is 9.81. The van der Waals surface area contributed by atoms with Gasteiger partial charge in [0.1, 0.15) is 11.6 Å². The second kappa shape index (κ2) is 10.6. The maximum Gasteiger partial charge on any atom is 0.217 e. The molecular formula is C24H30N4O3S. The number of nitrogens with two attached hydrogens (primary N) is 1. The first kappa shape index (κ1) is 23.8. The second-order valence-corrected chi connectivity index (χ2v) is 9.34. The van der Waals surface area contributed by atoms with E-state index in [-0.39, 0.29) is 23.9 Å². The molecule has 0 bridgehead atoms. The average Bonchev–Trinajstić information content (AvgIpc) is 3.40. The Balaban J connectivity index is 1.80. The van der Waals surface area contributed by atoms with E-state index in [1.165, 1.54) is 17.3 Å². The number of aryl methyl sites for hydroxylation is 1. The Morgan fingerprint density at radius 3 is 2.53 bits per heavy atom. The third kappa shape index (κ3) is 5.88. The number of hydrogen-bond donors (Lipinski definition) is 1. The van der Waals surface area contributed by atoms with Crippen LogP contribution in [0.1, 0.15) is 79.0 Å². The van der Waals surface area contributed by atoms with Gasteiger partial charge in [-0.25, -0.2) is 0 Å². The molecule has 0 radical (unpaired) electrons. The van der Waals surface area contributed by atoms with Crippen molar-refractivity contribution in [3.05, 3.63) is 64.9 Å². The predicted octanol–water partition coefficient (Wildman–Crippen LogP) is 4.56. The summed E-state index contributed by atoms with van der Waals surface area (Å²) in [5.74, 6) is 1.94. The molecule has 32 heavy (non-hydrogen) atoms. The van der Waals surface area contributed by atoms with Crippen LogP contribution in [0.3, 0.4) is 0 Å². The summed E-state index contributed by atoms with van der Waals surface area (Å²) in [7, 11) is 0. The Labute approximate surface area is 192 Å². The molecule has 0 fully saturated rings. The van der Waals surface area contributed by atoms with Crippen molar-refractivity contribution < 1.29 is 14.0 Å². The van der Waals surface area contributed by atoms with E-state index in [1.54, 1.807) is 6.26 Å². The lowest BCUT2D eigenvalue weighted by atomic mass is 9.90. The number of hydrogen-bond acceptors (Lipinski definition) is 6. The molecular weight excluding hydrogens is 424 g/mol. The molecule has 0 spiro atoms. The van der Waals surface area contributed by atoms with E-state index in [0.717, 1.165) is 16.9 Å². The molecule has 170 valence electrons. The third-order valence-electron chi connectivity index (χ3n) is 5.28. The van der Waals surface area contributed by atoms with E-state index >= 15 is 0 Å². The largest absolute Gasteiger partial charge is 0.467 e. The van der Waals surface area contributed by atoms with Crippen LogP contribution in [0.15, 0.2) is 46.2 Å². The van der Waals surface area contributed by atoms with Gasteiger partial charge in [-0.05, 0) is 35.1 Å². The SMILES string of the molecule is CC(C)c1ccc(C(=O)CSc2nnc(CCC(N)=O)n2Cc2ccco2)c(C(C)C)c1. The highest BCUT2D eigenvalue weighted by atomic mass is 32.2. The van der Waals surface area contributed by atoms with Gasteiger partial charge in [-0.3, -0.25) is 14.2 Å². The lowest BCUT2D eigenvalue weighted by Gasteiger charge is -2.15. The van der Waals surface area contributed by atoms with Crippen molar-refractivity contribution in [2.24, 2.45) is 5.73 Å². The first-order valence-electron chi connectivity index (χ1n) is 10.8. The van der Waals surface area contributed by atoms with Gasteiger partial charge >= 0.3 is 0 Å². The first-order chi connectivity index (χ1) is 15.3. The maximum atomic E-state index is 13.1. The van der Waals surface area contributed by atoms with E-state index in [9.17, 15) is 9.59 Å². The van der Waals surface area contributed by atoms with E-state index in [4.69, 9.17) is 10.2 Å². The van der Waals surface area contributed by atoms with Crippen LogP contribution >= 0.6 is 11.8 Å². The van der Waals surface area contributed by atoms with Crippen molar-refractivity contribution in [1.82, 2.24) is 14.8 Å².